The number of rotatable bonds is 21. The van der Waals surface area contributed by atoms with Crippen LogP contribution in [0.4, 0.5) is 0 Å². The van der Waals surface area contributed by atoms with Crippen LogP contribution in [0.1, 0.15) is 112 Å². The Hall–Kier alpha value is -6.80. The molecule has 408 valence electrons. The van der Waals surface area contributed by atoms with E-state index in [1.165, 1.54) is 26.0 Å². The quantitative estimate of drug-likeness (QED) is 0.0480. The van der Waals surface area contributed by atoms with Crippen LogP contribution in [0.5, 0.6) is 0 Å². The number of nitrogens with one attached hydrogen (secondary N) is 2. The number of carbonyl (C=O) groups excluding carboxylic acids is 8. The SMILES string of the molecule is CCOC(=O)CCCCCNC(=O)COCC(=O)O[C@@H](C(=O)O[C@H]1C[C@@]2(O)[C@@H](OC(=O)c3ccccc3)[C@@H]3[C@@H]4CO[C@@H]4C[C@H](O)[C@@]3(C)C(=O)[C@H](OC(C)=O)C(=C1C)C2(C)C)C(NC(=O)c1ccccc1)c1ccccc1. The van der Waals surface area contributed by atoms with Crippen LogP contribution < -0.4 is 10.6 Å². The molecule has 7 rings (SSSR count). The van der Waals surface area contributed by atoms with Crippen LogP contribution in [0.2, 0.25) is 0 Å². The second kappa shape index (κ2) is 24.5. The third-order valence-corrected chi connectivity index (χ3v) is 15.5. The van der Waals surface area contributed by atoms with Gasteiger partial charge in [-0.15, -0.1) is 0 Å². The third-order valence-electron chi connectivity index (χ3n) is 15.5. The second-order valence-electron chi connectivity index (χ2n) is 20.5. The van der Waals surface area contributed by atoms with Gasteiger partial charge in [-0.3, -0.25) is 24.0 Å². The standard InChI is InChI=1S/C57H68N2O17/c1-7-71-43(63)26-18-11-19-27-58-42(62)31-70-32-44(64)75-49(47(35-20-12-8-13-21-35)59-52(66)36-22-14-9-15-23-36)54(68)74-40-29-57(69)51(76-53(67)37-24-16-10-17-25-37)46-38-30-72-39(38)28-41(61)56(46,6)50(65)48(73-34(3)60)45(33(40)2)55(57,4)5/h8-10,12-17,20-25,38-41,46-49,51,61,69H,7,11,18-19,26-32H2,1-6H3,(H,58,62)(H,59,66)/t38-,39-,40+,41+,46+,47?,48-,49-,51+,56-,57-/m1/s1. The molecule has 0 radical (unpaired) electrons. The molecule has 1 unspecified atom stereocenters. The smallest absolute Gasteiger partial charge is 0.350 e. The lowest BCUT2D eigenvalue weighted by atomic mass is 9.46. The molecule has 1 aliphatic heterocycles. The molecule has 3 fully saturated rings. The maximum absolute atomic E-state index is 15.5. The number of ketones is 1. The van der Waals surface area contributed by atoms with E-state index >= 15 is 9.59 Å². The Morgan fingerprint density at radius 1 is 0.816 bits per heavy atom. The zero-order chi connectivity index (χ0) is 55.0. The number of amides is 2. The molecule has 3 aliphatic carbocycles. The molecule has 2 bridgehead atoms. The van der Waals surface area contributed by atoms with Crippen molar-refractivity contribution in [3.8, 4) is 0 Å². The van der Waals surface area contributed by atoms with Crippen LogP contribution in [-0.2, 0) is 61.9 Å². The first-order chi connectivity index (χ1) is 36.2. The summed E-state index contributed by atoms with van der Waals surface area (Å²) in [6.07, 6.45) is -7.34. The van der Waals surface area contributed by atoms with Crippen molar-refractivity contribution in [1.82, 2.24) is 10.6 Å². The van der Waals surface area contributed by atoms with Crippen LogP contribution in [0, 0.1) is 22.7 Å². The van der Waals surface area contributed by atoms with Crippen molar-refractivity contribution in [3.63, 3.8) is 0 Å². The van der Waals surface area contributed by atoms with Gasteiger partial charge in [-0.05, 0) is 74.6 Å². The predicted molar refractivity (Wildman–Crippen MR) is 269 cm³/mol. The van der Waals surface area contributed by atoms with Gasteiger partial charge in [-0.1, -0.05) is 87.0 Å². The average molecular weight is 1050 g/mol. The van der Waals surface area contributed by atoms with E-state index in [0.29, 0.717) is 31.4 Å². The Labute approximate surface area is 441 Å². The molecule has 1 saturated heterocycles. The first-order valence-corrected chi connectivity index (χ1v) is 25.7. The van der Waals surface area contributed by atoms with E-state index in [4.69, 9.17) is 33.2 Å². The van der Waals surface area contributed by atoms with Crippen molar-refractivity contribution in [2.75, 3.05) is 33.0 Å². The van der Waals surface area contributed by atoms with Crippen LogP contribution in [0.25, 0.3) is 0 Å². The number of Topliss-reactive ketones (excluding diaryl/α,β-unsaturated/α-hetero) is 1. The minimum Gasteiger partial charge on any atom is -0.466 e. The number of carbonyl (C=O) groups is 8. The van der Waals surface area contributed by atoms with E-state index in [0.717, 1.165) is 6.92 Å². The van der Waals surface area contributed by atoms with Gasteiger partial charge in [0.05, 0.1) is 36.4 Å². The topological polar surface area (TPSA) is 266 Å². The maximum Gasteiger partial charge on any atom is 0.350 e. The highest BCUT2D eigenvalue weighted by molar-refractivity contribution is 5.96. The monoisotopic (exact) mass is 1050 g/mol. The fourth-order valence-electron chi connectivity index (χ4n) is 11.3. The molecule has 4 N–H and O–H groups in total. The summed E-state index contributed by atoms with van der Waals surface area (Å²) >= 11 is 0. The molecule has 1 heterocycles. The van der Waals surface area contributed by atoms with Gasteiger partial charge < -0.3 is 54.0 Å². The summed E-state index contributed by atoms with van der Waals surface area (Å²) in [7, 11) is 0. The van der Waals surface area contributed by atoms with Crippen molar-refractivity contribution < 1.29 is 81.7 Å². The molecule has 4 aliphatic rings. The molecule has 19 nitrogen and oxygen atoms in total. The number of aliphatic hydroxyl groups is 2. The van der Waals surface area contributed by atoms with Gasteiger partial charge in [0.1, 0.15) is 37.1 Å². The van der Waals surface area contributed by atoms with E-state index in [-0.39, 0.29) is 54.2 Å². The van der Waals surface area contributed by atoms with E-state index in [1.807, 2.05) is 0 Å². The minimum absolute atomic E-state index is 0.0211. The van der Waals surface area contributed by atoms with Gasteiger partial charge in [0.25, 0.3) is 5.91 Å². The summed E-state index contributed by atoms with van der Waals surface area (Å²) in [5.74, 6) is -8.03. The van der Waals surface area contributed by atoms with Crippen LogP contribution in [-0.4, -0.2) is 133 Å². The van der Waals surface area contributed by atoms with Gasteiger partial charge in [0.15, 0.2) is 11.9 Å². The molecular weight excluding hydrogens is 985 g/mol. The average Bonchev–Trinajstić information content (AvgIpc) is 3.56. The molecule has 3 aromatic carbocycles. The minimum atomic E-state index is -2.29. The normalized spacial score (nSPS) is 27.0. The molecule has 3 aromatic rings. The van der Waals surface area contributed by atoms with Crippen molar-refractivity contribution in [3.05, 3.63) is 119 Å². The van der Waals surface area contributed by atoms with Gasteiger partial charge in [0.2, 0.25) is 12.0 Å². The highest BCUT2D eigenvalue weighted by Gasteiger charge is 2.73. The lowest BCUT2D eigenvalue weighted by molar-refractivity contribution is -0.277. The summed E-state index contributed by atoms with van der Waals surface area (Å²) < 4.78 is 40.9. The van der Waals surface area contributed by atoms with Gasteiger partial charge in [-0.2, -0.15) is 0 Å². The van der Waals surface area contributed by atoms with Crippen LogP contribution >= 0.6 is 0 Å². The predicted octanol–water partition coefficient (Wildman–Crippen LogP) is 4.86. The van der Waals surface area contributed by atoms with E-state index < -0.39 is 132 Å². The molecule has 19 heteroatoms. The Kier molecular flexibility index (Phi) is 18.3. The van der Waals surface area contributed by atoms with E-state index in [1.54, 1.807) is 99.6 Å². The molecule has 11 atom stereocenters. The number of fused-ring (bicyclic) bond motifs is 5. The number of hydrogen-bond acceptors (Lipinski definition) is 17. The summed E-state index contributed by atoms with van der Waals surface area (Å²) in [6.45, 7) is 8.36. The highest BCUT2D eigenvalue weighted by Crippen LogP contribution is 2.62. The maximum atomic E-state index is 15.5. The van der Waals surface area contributed by atoms with Gasteiger partial charge in [-0.25, -0.2) is 14.4 Å². The highest BCUT2D eigenvalue weighted by atomic mass is 16.6. The number of aliphatic hydroxyl groups excluding tert-OH is 1. The van der Waals surface area contributed by atoms with E-state index in [9.17, 15) is 39.0 Å². The first-order valence-electron chi connectivity index (χ1n) is 25.7. The Balaban J connectivity index is 1.24. The largest absolute Gasteiger partial charge is 0.466 e. The number of ether oxygens (including phenoxy) is 7. The lowest BCUT2D eigenvalue weighted by Gasteiger charge is -2.64. The van der Waals surface area contributed by atoms with Crippen molar-refractivity contribution in [2.45, 2.75) is 128 Å². The molecule has 0 spiro atoms. The fraction of sp³-hybridized carbons (Fsp3) is 0.509. The Bertz CT molecular complexity index is 2640. The fourth-order valence-corrected chi connectivity index (χ4v) is 11.3. The summed E-state index contributed by atoms with van der Waals surface area (Å²) in [5.41, 5.74) is -4.90. The number of unbranched alkanes of at least 4 members (excludes halogenated alkanes) is 2. The number of esters is 5. The summed E-state index contributed by atoms with van der Waals surface area (Å²) in [6, 6.07) is 22.8. The Morgan fingerprint density at radius 2 is 1.46 bits per heavy atom. The van der Waals surface area contributed by atoms with Crippen LogP contribution in [0.15, 0.2) is 102 Å². The molecule has 2 amide bonds. The number of hydrogen-bond donors (Lipinski definition) is 4. The van der Waals surface area contributed by atoms with Crippen molar-refractivity contribution in [2.24, 2.45) is 22.7 Å². The number of benzene rings is 3. The van der Waals surface area contributed by atoms with Gasteiger partial charge >= 0.3 is 29.8 Å². The van der Waals surface area contributed by atoms with Crippen molar-refractivity contribution >= 4 is 47.4 Å². The van der Waals surface area contributed by atoms with Gasteiger partial charge in [0, 0.05) is 55.5 Å². The third kappa shape index (κ3) is 12.1. The zero-order valence-electron chi connectivity index (χ0n) is 43.7. The summed E-state index contributed by atoms with van der Waals surface area (Å²) in [5, 5.41) is 31.3. The van der Waals surface area contributed by atoms with Crippen molar-refractivity contribution in [1.29, 1.82) is 0 Å². The molecule has 76 heavy (non-hydrogen) atoms. The van der Waals surface area contributed by atoms with E-state index in [2.05, 4.69) is 10.6 Å². The second-order valence-corrected chi connectivity index (χ2v) is 20.5. The first kappa shape index (κ1) is 56.9. The zero-order valence-corrected chi connectivity index (χ0v) is 43.7. The molecule has 0 aromatic heterocycles. The lowest BCUT2D eigenvalue weighted by Crippen LogP contribution is -2.75. The Morgan fingerprint density at radius 3 is 2.08 bits per heavy atom. The molecule has 2 saturated carbocycles. The molecular formula is C57H68N2O17. The van der Waals surface area contributed by atoms with Crippen LogP contribution in [0.3, 0.4) is 0 Å². The summed E-state index contributed by atoms with van der Waals surface area (Å²) in [4.78, 5) is 110.